The van der Waals surface area contributed by atoms with Crippen LogP contribution in [0.15, 0.2) is 24.5 Å². The van der Waals surface area contributed by atoms with Crippen LogP contribution in [0.2, 0.25) is 5.15 Å². The molecule has 3 heterocycles. The zero-order valence-corrected chi connectivity index (χ0v) is 12.7. The number of aromatic nitrogens is 2. The number of hydrogen-bond acceptors (Lipinski definition) is 4. The van der Waals surface area contributed by atoms with E-state index in [4.69, 9.17) is 11.6 Å². The zero-order chi connectivity index (χ0) is 14.4. The Bertz CT molecular complexity index is 701. The lowest BCUT2D eigenvalue weighted by Gasteiger charge is -2.31. The molecule has 0 spiro atoms. The highest BCUT2D eigenvalue weighted by molar-refractivity contribution is 6.32. The first kappa shape index (κ1) is 12.9. The summed E-state index contributed by atoms with van der Waals surface area (Å²) in [6.07, 6.45) is 4.81. The fraction of sp³-hybridized carbons (Fsp3) is 0.375. The van der Waals surface area contributed by atoms with Crippen molar-refractivity contribution in [2.24, 2.45) is 0 Å². The van der Waals surface area contributed by atoms with E-state index in [0.29, 0.717) is 5.15 Å². The fourth-order valence-corrected chi connectivity index (χ4v) is 3.62. The van der Waals surface area contributed by atoms with Crippen LogP contribution < -0.4 is 10.2 Å². The van der Waals surface area contributed by atoms with Crippen LogP contribution in [0.5, 0.6) is 0 Å². The Balaban J connectivity index is 2.01. The number of aryl methyl sites for hydroxylation is 1. The maximum Gasteiger partial charge on any atom is 0.161 e. The van der Waals surface area contributed by atoms with Crippen molar-refractivity contribution in [3.63, 3.8) is 0 Å². The Morgan fingerprint density at radius 3 is 3.14 bits per heavy atom. The van der Waals surface area contributed by atoms with Gasteiger partial charge in [-0.2, -0.15) is 0 Å². The topological polar surface area (TPSA) is 41.1 Å². The molecule has 1 aromatic heterocycles. The van der Waals surface area contributed by atoms with Gasteiger partial charge in [0, 0.05) is 6.54 Å². The van der Waals surface area contributed by atoms with E-state index in [0.717, 1.165) is 37.3 Å². The van der Waals surface area contributed by atoms with Crippen molar-refractivity contribution in [2.75, 3.05) is 16.8 Å². The van der Waals surface area contributed by atoms with Crippen molar-refractivity contribution in [2.45, 2.75) is 32.2 Å². The summed E-state index contributed by atoms with van der Waals surface area (Å²) in [7, 11) is 0. The van der Waals surface area contributed by atoms with E-state index in [1.165, 1.54) is 16.8 Å². The van der Waals surface area contributed by atoms with Crippen LogP contribution in [-0.2, 0) is 6.42 Å². The average molecular weight is 301 g/mol. The molecule has 1 aromatic carbocycles. The third-order valence-electron chi connectivity index (χ3n) is 4.39. The highest BCUT2D eigenvalue weighted by Gasteiger charge is 2.31. The van der Waals surface area contributed by atoms with E-state index in [-0.39, 0.29) is 6.04 Å². The predicted molar refractivity (Wildman–Crippen MR) is 85.5 cm³/mol. The largest absolute Gasteiger partial charge is 0.373 e. The van der Waals surface area contributed by atoms with Crippen molar-refractivity contribution in [1.29, 1.82) is 0 Å². The quantitative estimate of drug-likeness (QED) is 0.805. The van der Waals surface area contributed by atoms with Crippen LogP contribution in [0, 0.1) is 0 Å². The number of anilines is 3. The molecule has 5 heteroatoms. The number of para-hydroxylation sites is 1. The zero-order valence-electron chi connectivity index (χ0n) is 11.9. The second-order valence-electron chi connectivity index (χ2n) is 5.58. The number of benzene rings is 1. The molecule has 0 aliphatic carbocycles. The molecular weight excluding hydrogens is 284 g/mol. The lowest BCUT2D eigenvalue weighted by molar-refractivity contribution is 0.730. The Hall–Kier alpha value is -1.81. The Morgan fingerprint density at radius 2 is 2.29 bits per heavy atom. The van der Waals surface area contributed by atoms with Crippen LogP contribution in [-0.4, -0.2) is 16.5 Å². The lowest BCUT2D eigenvalue weighted by Crippen LogP contribution is -2.26. The molecule has 1 unspecified atom stereocenters. The van der Waals surface area contributed by atoms with Gasteiger partial charge >= 0.3 is 0 Å². The normalized spacial score (nSPS) is 19.3. The molecule has 0 saturated heterocycles. The third-order valence-corrected chi connectivity index (χ3v) is 4.67. The fourth-order valence-electron chi connectivity index (χ4n) is 3.43. The molecule has 21 heavy (non-hydrogen) atoms. The second-order valence-corrected chi connectivity index (χ2v) is 5.94. The van der Waals surface area contributed by atoms with Gasteiger partial charge in [-0.1, -0.05) is 36.7 Å². The second kappa shape index (κ2) is 4.88. The van der Waals surface area contributed by atoms with Crippen molar-refractivity contribution < 1.29 is 0 Å². The molecule has 0 bridgehead atoms. The first-order valence-electron chi connectivity index (χ1n) is 7.46. The van der Waals surface area contributed by atoms with Gasteiger partial charge in [-0.3, -0.25) is 0 Å². The lowest BCUT2D eigenvalue weighted by atomic mass is 9.94. The van der Waals surface area contributed by atoms with Crippen molar-refractivity contribution in [1.82, 2.24) is 9.97 Å². The van der Waals surface area contributed by atoms with Gasteiger partial charge in [0.25, 0.3) is 0 Å². The Labute approximate surface area is 129 Å². The summed E-state index contributed by atoms with van der Waals surface area (Å²) < 4.78 is 0. The molecule has 2 aliphatic rings. The summed E-state index contributed by atoms with van der Waals surface area (Å²) in [6.45, 7) is 3.16. The average Bonchev–Trinajstić information content (AvgIpc) is 2.66. The van der Waals surface area contributed by atoms with Crippen LogP contribution in [0.4, 0.5) is 17.2 Å². The minimum Gasteiger partial charge on any atom is -0.373 e. The first-order valence-corrected chi connectivity index (χ1v) is 7.83. The molecule has 0 radical (unpaired) electrons. The van der Waals surface area contributed by atoms with Gasteiger partial charge in [0.15, 0.2) is 11.0 Å². The van der Waals surface area contributed by atoms with Crippen molar-refractivity contribution >= 4 is 28.8 Å². The van der Waals surface area contributed by atoms with Gasteiger partial charge in [0.05, 0.1) is 11.7 Å². The van der Waals surface area contributed by atoms with Crippen LogP contribution in [0.25, 0.3) is 0 Å². The van der Waals surface area contributed by atoms with Gasteiger partial charge in [0.1, 0.15) is 12.0 Å². The molecule has 0 fully saturated rings. The van der Waals surface area contributed by atoms with Crippen molar-refractivity contribution in [3.8, 4) is 0 Å². The van der Waals surface area contributed by atoms with E-state index in [2.05, 4.69) is 45.3 Å². The van der Waals surface area contributed by atoms with E-state index in [1.54, 1.807) is 6.33 Å². The van der Waals surface area contributed by atoms with Gasteiger partial charge in [-0.05, 0) is 30.4 Å². The third kappa shape index (κ3) is 1.89. The van der Waals surface area contributed by atoms with Gasteiger partial charge in [-0.15, -0.1) is 0 Å². The molecular formula is C16H17ClN4. The van der Waals surface area contributed by atoms with Gasteiger partial charge in [0.2, 0.25) is 0 Å². The van der Waals surface area contributed by atoms with E-state index in [1.807, 2.05) is 0 Å². The minimum atomic E-state index is 0.241. The number of fused-ring (bicyclic) bond motifs is 2. The van der Waals surface area contributed by atoms with E-state index >= 15 is 0 Å². The maximum absolute atomic E-state index is 6.32. The summed E-state index contributed by atoms with van der Waals surface area (Å²) in [5.41, 5.74) is 4.91. The summed E-state index contributed by atoms with van der Waals surface area (Å²) in [5, 5.41) is 4.05. The van der Waals surface area contributed by atoms with Crippen LogP contribution in [0.1, 0.15) is 36.9 Å². The summed E-state index contributed by atoms with van der Waals surface area (Å²) in [6, 6.07) is 6.84. The molecule has 2 aliphatic heterocycles. The number of rotatable bonds is 1. The van der Waals surface area contributed by atoms with Crippen molar-refractivity contribution in [3.05, 3.63) is 40.8 Å². The van der Waals surface area contributed by atoms with E-state index in [9.17, 15) is 0 Å². The first-order chi connectivity index (χ1) is 10.3. The van der Waals surface area contributed by atoms with E-state index < -0.39 is 0 Å². The number of hydrogen-bond donors (Lipinski definition) is 1. The summed E-state index contributed by atoms with van der Waals surface area (Å²) in [5.74, 6) is 0.902. The molecule has 108 valence electrons. The number of nitrogens with one attached hydrogen (secondary N) is 1. The molecule has 2 aromatic rings. The van der Waals surface area contributed by atoms with Gasteiger partial charge in [-0.25, -0.2) is 9.97 Å². The molecule has 1 N–H and O–H groups in total. The van der Waals surface area contributed by atoms with Gasteiger partial charge < -0.3 is 10.2 Å². The molecule has 4 rings (SSSR count). The minimum absolute atomic E-state index is 0.241. The predicted octanol–water partition coefficient (Wildman–Crippen LogP) is 4.09. The Morgan fingerprint density at radius 1 is 1.38 bits per heavy atom. The standard InChI is InChI=1S/C16H17ClN4/c1-2-12-11-7-3-5-10-6-4-8-21(14(10)11)16-13(20-12)15(17)18-9-19-16/h3,5,7,9,12,20H,2,4,6,8H2,1H3. The maximum atomic E-state index is 6.32. The summed E-state index contributed by atoms with van der Waals surface area (Å²) >= 11 is 6.32. The highest BCUT2D eigenvalue weighted by atomic mass is 35.5. The molecule has 1 atom stereocenters. The van der Waals surface area contributed by atoms with Crippen LogP contribution in [0.3, 0.4) is 0 Å². The number of nitrogens with zero attached hydrogens (tertiary/aromatic N) is 3. The molecule has 4 nitrogen and oxygen atoms in total. The summed E-state index contributed by atoms with van der Waals surface area (Å²) in [4.78, 5) is 10.9. The SMILES string of the molecule is CCC1Nc2c(Cl)ncnc2N2CCCc3cccc1c32. The highest BCUT2D eigenvalue weighted by Crippen LogP contribution is 2.46. The molecule has 0 saturated carbocycles. The Kier molecular flexibility index (Phi) is 3.00. The monoisotopic (exact) mass is 300 g/mol. The van der Waals surface area contributed by atoms with Crippen LogP contribution >= 0.6 is 11.6 Å². The number of halogens is 1. The smallest absolute Gasteiger partial charge is 0.161 e. The molecule has 0 amide bonds.